The molecule has 1 rings (SSSR count). The van der Waals surface area contributed by atoms with E-state index in [1.165, 1.54) is 0 Å². The zero-order chi connectivity index (χ0) is 12.5. The average Bonchev–Trinajstić information content (AvgIpc) is 2.15. The number of nitro benzene ring substituents is 1. The van der Waals surface area contributed by atoms with E-state index in [0.29, 0.717) is 6.07 Å². The minimum atomic E-state index is -4.91. The zero-order valence-corrected chi connectivity index (χ0v) is 7.91. The van der Waals surface area contributed by atoms with E-state index in [-0.39, 0.29) is 5.75 Å². The lowest BCUT2D eigenvalue weighted by Gasteiger charge is -2.10. The van der Waals surface area contributed by atoms with E-state index in [2.05, 4.69) is 4.74 Å². The number of nitrogens with zero attached hydrogens (tertiary/aromatic N) is 1. The van der Waals surface area contributed by atoms with Gasteiger partial charge in [0.1, 0.15) is 5.56 Å². The van der Waals surface area contributed by atoms with Crippen molar-refractivity contribution in [1.82, 2.24) is 0 Å². The first-order valence-corrected chi connectivity index (χ1v) is 3.90. The standard InChI is InChI=1S/C8H6F3NO4/c1-16-5-3-2-4(8(9,10)11)6(7(5)13)12(14)15/h2-3,13H,1H3. The van der Waals surface area contributed by atoms with Crippen LogP contribution in [0.15, 0.2) is 12.1 Å². The fourth-order valence-electron chi connectivity index (χ4n) is 1.14. The van der Waals surface area contributed by atoms with Gasteiger partial charge in [0.2, 0.25) is 5.75 Å². The molecular weight excluding hydrogens is 231 g/mol. The molecule has 0 aliphatic heterocycles. The molecule has 0 saturated heterocycles. The van der Waals surface area contributed by atoms with Gasteiger partial charge in [-0.25, -0.2) is 0 Å². The highest BCUT2D eigenvalue weighted by Crippen LogP contribution is 2.44. The molecule has 0 heterocycles. The number of ether oxygens (including phenoxy) is 1. The van der Waals surface area contributed by atoms with Crippen LogP contribution in [0.4, 0.5) is 18.9 Å². The Morgan fingerprint density at radius 3 is 2.38 bits per heavy atom. The van der Waals surface area contributed by atoms with Crippen LogP contribution >= 0.6 is 0 Å². The molecule has 1 aromatic carbocycles. The maximum Gasteiger partial charge on any atom is 0.423 e. The van der Waals surface area contributed by atoms with Gasteiger partial charge in [0.05, 0.1) is 12.0 Å². The van der Waals surface area contributed by atoms with Crippen molar-refractivity contribution in [2.45, 2.75) is 6.18 Å². The predicted molar refractivity (Wildman–Crippen MR) is 46.3 cm³/mol. The number of halogens is 3. The molecule has 0 radical (unpaired) electrons. The van der Waals surface area contributed by atoms with Crippen molar-refractivity contribution < 1.29 is 27.9 Å². The summed E-state index contributed by atoms with van der Waals surface area (Å²) in [5, 5.41) is 19.7. The third-order valence-corrected chi connectivity index (χ3v) is 1.82. The highest BCUT2D eigenvalue weighted by molar-refractivity contribution is 5.60. The molecule has 1 aromatic rings. The van der Waals surface area contributed by atoms with Crippen LogP contribution in [0.1, 0.15) is 5.56 Å². The molecule has 0 amide bonds. The topological polar surface area (TPSA) is 72.6 Å². The number of phenols is 1. The molecule has 0 spiro atoms. The predicted octanol–water partition coefficient (Wildman–Crippen LogP) is 2.33. The minimum Gasteiger partial charge on any atom is -0.500 e. The van der Waals surface area contributed by atoms with Gasteiger partial charge < -0.3 is 9.84 Å². The number of nitro groups is 1. The van der Waals surface area contributed by atoms with Crippen molar-refractivity contribution in [2.24, 2.45) is 0 Å². The molecular formula is C8H6F3NO4. The molecule has 0 fully saturated rings. The van der Waals surface area contributed by atoms with Crippen LogP contribution in [0.2, 0.25) is 0 Å². The largest absolute Gasteiger partial charge is 0.500 e. The van der Waals surface area contributed by atoms with E-state index >= 15 is 0 Å². The highest BCUT2D eigenvalue weighted by atomic mass is 19.4. The summed E-state index contributed by atoms with van der Waals surface area (Å²) >= 11 is 0. The molecule has 0 aliphatic carbocycles. The van der Waals surface area contributed by atoms with E-state index in [1.807, 2.05) is 0 Å². The highest BCUT2D eigenvalue weighted by Gasteiger charge is 2.41. The summed E-state index contributed by atoms with van der Waals surface area (Å²) in [6.07, 6.45) is -4.91. The van der Waals surface area contributed by atoms with Crippen molar-refractivity contribution in [3.8, 4) is 11.5 Å². The molecule has 8 heteroatoms. The zero-order valence-electron chi connectivity index (χ0n) is 7.91. The summed E-state index contributed by atoms with van der Waals surface area (Å²) in [4.78, 5) is 9.14. The molecule has 0 aliphatic rings. The molecule has 0 aromatic heterocycles. The van der Waals surface area contributed by atoms with Gasteiger partial charge in [-0.2, -0.15) is 13.2 Å². The third-order valence-electron chi connectivity index (χ3n) is 1.82. The van der Waals surface area contributed by atoms with Gasteiger partial charge in [-0.1, -0.05) is 0 Å². The number of hydrogen-bond donors (Lipinski definition) is 1. The van der Waals surface area contributed by atoms with E-state index < -0.39 is 28.1 Å². The van der Waals surface area contributed by atoms with Crippen molar-refractivity contribution >= 4 is 5.69 Å². The Kier molecular flexibility index (Phi) is 2.92. The number of methoxy groups -OCH3 is 1. The van der Waals surface area contributed by atoms with Crippen LogP contribution < -0.4 is 4.74 Å². The first-order chi connectivity index (χ1) is 7.29. The second-order valence-corrected chi connectivity index (χ2v) is 2.77. The normalized spacial score (nSPS) is 11.2. The Labute approximate surface area is 87.2 Å². The summed E-state index contributed by atoms with van der Waals surface area (Å²) in [6, 6.07) is 1.29. The maximum absolute atomic E-state index is 12.4. The number of rotatable bonds is 2. The summed E-state index contributed by atoms with van der Waals surface area (Å²) in [5.41, 5.74) is -2.93. The Hall–Kier alpha value is -1.99. The number of phenolic OH excluding ortho intramolecular Hbond substituents is 1. The van der Waals surface area contributed by atoms with Crippen LogP contribution in [0.5, 0.6) is 11.5 Å². The lowest BCUT2D eigenvalue weighted by molar-refractivity contribution is -0.389. The van der Waals surface area contributed by atoms with Gasteiger partial charge in [0.25, 0.3) is 0 Å². The smallest absolute Gasteiger partial charge is 0.423 e. The van der Waals surface area contributed by atoms with Crippen LogP contribution in [-0.4, -0.2) is 17.1 Å². The molecule has 0 saturated carbocycles. The van der Waals surface area contributed by atoms with Gasteiger partial charge >= 0.3 is 11.9 Å². The Morgan fingerprint density at radius 2 is 2.00 bits per heavy atom. The van der Waals surface area contributed by atoms with Gasteiger partial charge in [0, 0.05) is 0 Å². The summed E-state index contributed by atoms with van der Waals surface area (Å²) in [6.45, 7) is 0. The first kappa shape index (κ1) is 12.1. The van der Waals surface area contributed by atoms with Gasteiger partial charge in [-0.05, 0) is 12.1 Å². The molecule has 0 bridgehead atoms. The monoisotopic (exact) mass is 237 g/mol. The second kappa shape index (κ2) is 3.87. The van der Waals surface area contributed by atoms with Crippen LogP contribution in [0.3, 0.4) is 0 Å². The van der Waals surface area contributed by atoms with Crippen molar-refractivity contribution in [2.75, 3.05) is 7.11 Å². The molecule has 0 unspecified atom stereocenters. The lowest BCUT2D eigenvalue weighted by atomic mass is 10.1. The maximum atomic E-state index is 12.4. The average molecular weight is 237 g/mol. The fraction of sp³-hybridized carbons (Fsp3) is 0.250. The SMILES string of the molecule is COc1ccc(C(F)(F)F)c([N+](=O)[O-])c1O. The number of alkyl halides is 3. The van der Waals surface area contributed by atoms with Crippen LogP contribution in [0.25, 0.3) is 0 Å². The molecule has 1 N–H and O–H groups in total. The van der Waals surface area contributed by atoms with Gasteiger partial charge in [0.15, 0.2) is 5.75 Å². The third kappa shape index (κ3) is 2.00. The molecule has 0 atom stereocenters. The fourth-order valence-corrected chi connectivity index (χ4v) is 1.14. The summed E-state index contributed by atoms with van der Waals surface area (Å²) in [7, 11) is 1.08. The quantitative estimate of drug-likeness (QED) is 0.632. The van der Waals surface area contributed by atoms with E-state index in [9.17, 15) is 28.4 Å². The van der Waals surface area contributed by atoms with Gasteiger partial charge in [-0.3, -0.25) is 10.1 Å². The Balaban J connectivity index is 3.53. The van der Waals surface area contributed by atoms with E-state index in [0.717, 1.165) is 13.2 Å². The van der Waals surface area contributed by atoms with Crippen LogP contribution in [0, 0.1) is 10.1 Å². The first-order valence-electron chi connectivity index (χ1n) is 3.90. The van der Waals surface area contributed by atoms with Crippen LogP contribution in [-0.2, 0) is 6.18 Å². The number of hydrogen-bond acceptors (Lipinski definition) is 4. The Morgan fingerprint density at radius 1 is 1.44 bits per heavy atom. The summed E-state index contributed by atoms with van der Waals surface area (Å²) in [5.74, 6) is -1.53. The van der Waals surface area contributed by atoms with Crippen molar-refractivity contribution in [3.63, 3.8) is 0 Å². The van der Waals surface area contributed by atoms with E-state index in [1.54, 1.807) is 0 Å². The van der Waals surface area contributed by atoms with Crippen molar-refractivity contribution in [3.05, 3.63) is 27.8 Å². The summed E-state index contributed by atoms with van der Waals surface area (Å²) < 4.78 is 41.6. The molecule has 16 heavy (non-hydrogen) atoms. The number of aromatic hydroxyl groups is 1. The van der Waals surface area contributed by atoms with Gasteiger partial charge in [-0.15, -0.1) is 0 Å². The Bertz CT molecular complexity index is 430. The van der Waals surface area contributed by atoms with E-state index in [4.69, 9.17) is 0 Å². The molecule has 88 valence electrons. The number of benzene rings is 1. The minimum absolute atomic E-state index is 0.389. The molecule has 5 nitrogen and oxygen atoms in total. The second-order valence-electron chi connectivity index (χ2n) is 2.77. The lowest BCUT2D eigenvalue weighted by Crippen LogP contribution is -2.09. The van der Waals surface area contributed by atoms with Crippen molar-refractivity contribution in [1.29, 1.82) is 0 Å².